The molecule has 2 heterocycles. The standard InChI is InChI=1S/C8H9N3O/c9-3-8-1-2-11(10-8)4-7-5-12-6-7/h1-2,7H,4-6H2. The van der Waals surface area contributed by atoms with Crippen molar-refractivity contribution < 1.29 is 4.74 Å². The zero-order valence-electron chi connectivity index (χ0n) is 6.60. The molecule has 0 unspecified atom stereocenters. The lowest BCUT2D eigenvalue weighted by molar-refractivity contribution is -0.0408. The molecule has 1 aromatic rings. The number of nitrogens with zero attached hydrogens (tertiary/aromatic N) is 3. The quantitative estimate of drug-likeness (QED) is 0.634. The molecular weight excluding hydrogens is 154 g/mol. The van der Waals surface area contributed by atoms with E-state index in [0.717, 1.165) is 19.8 Å². The average Bonchev–Trinajstić information content (AvgIpc) is 2.44. The van der Waals surface area contributed by atoms with Gasteiger partial charge in [-0.1, -0.05) is 0 Å². The van der Waals surface area contributed by atoms with Crippen molar-refractivity contribution in [1.29, 1.82) is 5.26 Å². The Morgan fingerprint density at radius 3 is 3.08 bits per heavy atom. The molecular formula is C8H9N3O. The van der Waals surface area contributed by atoms with E-state index in [1.54, 1.807) is 10.7 Å². The summed E-state index contributed by atoms with van der Waals surface area (Å²) in [6, 6.07) is 3.72. The zero-order chi connectivity index (χ0) is 8.39. The molecule has 0 amide bonds. The number of hydrogen-bond donors (Lipinski definition) is 0. The molecule has 1 aliphatic rings. The first-order valence-electron chi connectivity index (χ1n) is 3.90. The molecule has 0 saturated carbocycles. The van der Waals surface area contributed by atoms with E-state index in [4.69, 9.17) is 10.00 Å². The van der Waals surface area contributed by atoms with Crippen LogP contribution in [-0.4, -0.2) is 23.0 Å². The Morgan fingerprint density at radius 2 is 2.58 bits per heavy atom. The molecule has 0 bridgehead atoms. The van der Waals surface area contributed by atoms with Gasteiger partial charge in [0.25, 0.3) is 0 Å². The molecule has 1 saturated heterocycles. The van der Waals surface area contributed by atoms with E-state index in [0.29, 0.717) is 11.6 Å². The minimum Gasteiger partial charge on any atom is -0.381 e. The molecule has 0 spiro atoms. The maximum Gasteiger partial charge on any atom is 0.162 e. The van der Waals surface area contributed by atoms with Crippen LogP contribution in [0, 0.1) is 17.2 Å². The van der Waals surface area contributed by atoms with Gasteiger partial charge in [0.05, 0.1) is 13.2 Å². The van der Waals surface area contributed by atoms with Gasteiger partial charge in [-0.15, -0.1) is 0 Å². The van der Waals surface area contributed by atoms with Gasteiger partial charge in [0, 0.05) is 18.7 Å². The fraction of sp³-hybridized carbons (Fsp3) is 0.500. The second-order valence-corrected chi connectivity index (χ2v) is 2.94. The van der Waals surface area contributed by atoms with Gasteiger partial charge in [-0.2, -0.15) is 10.4 Å². The van der Waals surface area contributed by atoms with Crippen molar-refractivity contribution in [1.82, 2.24) is 9.78 Å². The van der Waals surface area contributed by atoms with Gasteiger partial charge in [-0.05, 0) is 6.07 Å². The molecule has 1 fully saturated rings. The first-order chi connectivity index (χ1) is 5.88. The Balaban J connectivity index is 1.99. The van der Waals surface area contributed by atoms with E-state index in [2.05, 4.69) is 5.10 Å². The summed E-state index contributed by atoms with van der Waals surface area (Å²) >= 11 is 0. The molecule has 1 aliphatic heterocycles. The third-order valence-electron chi connectivity index (χ3n) is 1.91. The normalized spacial score (nSPS) is 16.9. The predicted molar refractivity (Wildman–Crippen MR) is 41.3 cm³/mol. The lowest BCUT2D eigenvalue weighted by atomic mass is 10.1. The summed E-state index contributed by atoms with van der Waals surface area (Å²) in [5.74, 6) is 0.580. The smallest absolute Gasteiger partial charge is 0.162 e. The van der Waals surface area contributed by atoms with Gasteiger partial charge in [-0.3, -0.25) is 4.68 Å². The Bertz CT molecular complexity index is 308. The minimum absolute atomic E-state index is 0.482. The maximum absolute atomic E-state index is 8.51. The van der Waals surface area contributed by atoms with E-state index in [-0.39, 0.29) is 0 Å². The van der Waals surface area contributed by atoms with Crippen LogP contribution in [0.15, 0.2) is 12.3 Å². The van der Waals surface area contributed by atoms with Crippen molar-refractivity contribution in [3.8, 4) is 6.07 Å². The lowest BCUT2D eigenvalue weighted by Gasteiger charge is -2.25. The van der Waals surface area contributed by atoms with Gasteiger partial charge in [-0.25, -0.2) is 0 Å². The molecule has 62 valence electrons. The molecule has 0 radical (unpaired) electrons. The summed E-state index contributed by atoms with van der Waals surface area (Å²) in [5, 5.41) is 12.6. The maximum atomic E-state index is 8.51. The van der Waals surface area contributed by atoms with Crippen molar-refractivity contribution in [2.24, 2.45) is 5.92 Å². The molecule has 0 atom stereocenters. The van der Waals surface area contributed by atoms with Crippen LogP contribution in [0.5, 0.6) is 0 Å². The van der Waals surface area contributed by atoms with E-state index >= 15 is 0 Å². The third-order valence-corrected chi connectivity index (χ3v) is 1.91. The molecule has 0 aromatic carbocycles. The largest absolute Gasteiger partial charge is 0.381 e. The van der Waals surface area contributed by atoms with Crippen LogP contribution in [0.4, 0.5) is 0 Å². The second-order valence-electron chi connectivity index (χ2n) is 2.94. The summed E-state index contributed by atoms with van der Waals surface area (Å²) in [7, 11) is 0. The van der Waals surface area contributed by atoms with E-state index in [1.807, 2.05) is 12.3 Å². The molecule has 12 heavy (non-hydrogen) atoms. The van der Waals surface area contributed by atoms with E-state index < -0.39 is 0 Å². The van der Waals surface area contributed by atoms with Crippen LogP contribution in [0.25, 0.3) is 0 Å². The van der Waals surface area contributed by atoms with E-state index in [9.17, 15) is 0 Å². The highest BCUT2D eigenvalue weighted by atomic mass is 16.5. The highest BCUT2D eigenvalue weighted by Gasteiger charge is 2.18. The zero-order valence-corrected chi connectivity index (χ0v) is 6.60. The first kappa shape index (κ1) is 7.32. The van der Waals surface area contributed by atoms with Gasteiger partial charge >= 0.3 is 0 Å². The number of hydrogen-bond acceptors (Lipinski definition) is 3. The SMILES string of the molecule is N#Cc1ccn(CC2COC2)n1. The Hall–Kier alpha value is -1.34. The van der Waals surface area contributed by atoms with E-state index in [1.165, 1.54) is 0 Å². The van der Waals surface area contributed by atoms with Crippen molar-refractivity contribution in [3.63, 3.8) is 0 Å². The molecule has 0 aliphatic carbocycles. The lowest BCUT2D eigenvalue weighted by Crippen LogP contribution is -2.31. The van der Waals surface area contributed by atoms with Crippen LogP contribution in [0.2, 0.25) is 0 Å². The fourth-order valence-electron chi connectivity index (χ4n) is 1.18. The minimum atomic E-state index is 0.482. The topological polar surface area (TPSA) is 50.8 Å². The first-order valence-corrected chi connectivity index (χ1v) is 3.90. The Labute approximate surface area is 70.4 Å². The van der Waals surface area contributed by atoms with Crippen molar-refractivity contribution in [2.75, 3.05) is 13.2 Å². The number of ether oxygens (including phenoxy) is 1. The average molecular weight is 163 g/mol. The predicted octanol–water partition coefficient (Wildman–Crippen LogP) is 0.401. The van der Waals surface area contributed by atoms with Crippen LogP contribution in [0.1, 0.15) is 5.69 Å². The number of rotatable bonds is 2. The summed E-state index contributed by atoms with van der Waals surface area (Å²) < 4.78 is 6.83. The van der Waals surface area contributed by atoms with Gasteiger partial charge < -0.3 is 4.74 Å². The number of aromatic nitrogens is 2. The monoisotopic (exact) mass is 163 g/mol. The Kier molecular flexibility index (Phi) is 1.80. The highest BCUT2D eigenvalue weighted by molar-refractivity contribution is 5.16. The molecule has 4 heteroatoms. The fourth-order valence-corrected chi connectivity index (χ4v) is 1.18. The van der Waals surface area contributed by atoms with Crippen LogP contribution in [0.3, 0.4) is 0 Å². The molecule has 1 aromatic heterocycles. The highest BCUT2D eigenvalue weighted by Crippen LogP contribution is 2.11. The summed E-state index contributed by atoms with van der Waals surface area (Å²) in [6.45, 7) is 2.51. The summed E-state index contributed by atoms with van der Waals surface area (Å²) in [5.41, 5.74) is 0.482. The van der Waals surface area contributed by atoms with Crippen LogP contribution in [-0.2, 0) is 11.3 Å². The van der Waals surface area contributed by atoms with Crippen molar-refractivity contribution >= 4 is 0 Å². The summed E-state index contributed by atoms with van der Waals surface area (Å²) in [4.78, 5) is 0. The summed E-state index contributed by atoms with van der Waals surface area (Å²) in [6.07, 6.45) is 1.83. The molecule has 2 rings (SSSR count). The van der Waals surface area contributed by atoms with Crippen LogP contribution < -0.4 is 0 Å². The third kappa shape index (κ3) is 1.31. The van der Waals surface area contributed by atoms with Crippen LogP contribution >= 0.6 is 0 Å². The number of nitriles is 1. The Morgan fingerprint density at radius 1 is 1.75 bits per heavy atom. The van der Waals surface area contributed by atoms with Crippen molar-refractivity contribution in [2.45, 2.75) is 6.54 Å². The van der Waals surface area contributed by atoms with Crippen molar-refractivity contribution in [3.05, 3.63) is 18.0 Å². The van der Waals surface area contributed by atoms with Gasteiger partial charge in [0.15, 0.2) is 5.69 Å². The molecule has 0 N–H and O–H groups in total. The van der Waals surface area contributed by atoms with Gasteiger partial charge in [0.2, 0.25) is 0 Å². The second kappa shape index (κ2) is 2.95. The molecule has 4 nitrogen and oxygen atoms in total. The van der Waals surface area contributed by atoms with Gasteiger partial charge in [0.1, 0.15) is 6.07 Å².